The molecule has 0 aliphatic rings. The smallest absolute Gasteiger partial charge is 0.138 e. The second kappa shape index (κ2) is 4.39. The molecule has 0 aromatic carbocycles. The van der Waals surface area contributed by atoms with Crippen LogP contribution >= 0.6 is 15.9 Å². The van der Waals surface area contributed by atoms with E-state index in [9.17, 15) is 5.11 Å². The Labute approximate surface area is 102 Å². The summed E-state index contributed by atoms with van der Waals surface area (Å²) < 4.78 is 4.23. The van der Waals surface area contributed by atoms with Gasteiger partial charge in [-0.25, -0.2) is 0 Å². The maximum Gasteiger partial charge on any atom is 0.138 e. The van der Waals surface area contributed by atoms with Gasteiger partial charge in [-0.2, -0.15) is 10.2 Å². The number of halogens is 1. The molecule has 0 aliphatic heterocycles. The first-order valence-corrected chi connectivity index (χ1v) is 5.81. The quantitative estimate of drug-likeness (QED) is 0.929. The molecular weight excluding hydrogens is 272 g/mol. The fourth-order valence-corrected chi connectivity index (χ4v) is 2.20. The van der Waals surface area contributed by atoms with Crippen LogP contribution in [0.3, 0.4) is 0 Å². The zero-order chi connectivity index (χ0) is 11.7. The van der Waals surface area contributed by atoms with Crippen LogP contribution in [0.25, 0.3) is 0 Å². The highest BCUT2D eigenvalue weighted by Gasteiger charge is 2.21. The molecule has 2 aromatic rings. The van der Waals surface area contributed by atoms with Crippen LogP contribution in [-0.2, 0) is 13.6 Å². The van der Waals surface area contributed by atoms with Crippen molar-refractivity contribution in [3.63, 3.8) is 0 Å². The molecule has 0 bridgehead atoms. The normalized spacial score (nSPS) is 13.0. The number of aliphatic hydroxyl groups excluding tert-OH is 1. The van der Waals surface area contributed by atoms with Gasteiger partial charge in [0.15, 0.2) is 0 Å². The number of nitrogens with zero attached hydrogens (tertiary/aromatic N) is 4. The topological polar surface area (TPSA) is 55.9 Å². The summed E-state index contributed by atoms with van der Waals surface area (Å²) in [5.41, 5.74) is 1.50. The van der Waals surface area contributed by atoms with E-state index in [1.165, 1.54) is 0 Å². The van der Waals surface area contributed by atoms with Crippen LogP contribution in [0.1, 0.15) is 24.4 Å². The lowest BCUT2D eigenvalue weighted by atomic mass is 10.2. The van der Waals surface area contributed by atoms with Crippen LogP contribution in [0.2, 0.25) is 0 Å². The second-order valence-electron chi connectivity index (χ2n) is 3.48. The lowest BCUT2D eigenvalue weighted by Gasteiger charge is -2.13. The maximum atomic E-state index is 10.3. The van der Waals surface area contributed by atoms with Gasteiger partial charge in [0.2, 0.25) is 0 Å². The molecule has 16 heavy (non-hydrogen) atoms. The summed E-state index contributed by atoms with van der Waals surface area (Å²) in [6.07, 6.45) is 2.64. The minimum Gasteiger partial charge on any atom is -0.380 e. The second-order valence-corrected chi connectivity index (χ2v) is 4.33. The molecule has 2 rings (SSSR count). The fraction of sp³-hybridized carbons (Fsp3) is 0.400. The molecule has 1 unspecified atom stereocenters. The van der Waals surface area contributed by atoms with Crippen molar-refractivity contribution in [2.75, 3.05) is 0 Å². The Hall–Kier alpha value is -1.14. The van der Waals surface area contributed by atoms with E-state index in [0.29, 0.717) is 0 Å². The molecule has 0 amide bonds. The number of aromatic nitrogens is 4. The molecule has 0 fully saturated rings. The predicted octanol–water partition coefficient (Wildman–Crippen LogP) is 1.48. The van der Waals surface area contributed by atoms with Crippen molar-refractivity contribution < 1.29 is 5.11 Å². The average molecular weight is 285 g/mol. The molecule has 5 nitrogen and oxygen atoms in total. The SMILES string of the molecule is CCn1ncc(Br)c1C(O)c1ccnn1C. The van der Waals surface area contributed by atoms with Gasteiger partial charge in [-0.1, -0.05) is 0 Å². The summed E-state index contributed by atoms with van der Waals surface area (Å²) in [4.78, 5) is 0. The van der Waals surface area contributed by atoms with E-state index in [1.807, 2.05) is 6.92 Å². The van der Waals surface area contributed by atoms with Crippen LogP contribution in [0.15, 0.2) is 22.9 Å². The standard InChI is InChI=1S/C10H13BrN4O/c1-3-15-9(7(11)6-13-15)10(16)8-4-5-12-14(8)2/h4-6,10,16H,3H2,1-2H3. The van der Waals surface area contributed by atoms with Crippen LogP contribution in [0.5, 0.6) is 0 Å². The first-order chi connectivity index (χ1) is 7.65. The largest absolute Gasteiger partial charge is 0.380 e. The van der Waals surface area contributed by atoms with E-state index >= 15 is 0 Å². The van der Waals surface area contributed by atoms with Gasteiger partial charge in [-0.3, -0.25) is 9.36 Å². The summed E-state index contributed by atoms with van der Waals surface area (Å²) >= 11 is 3.40. The predicted molar refractivity (Wildman–Crippen MR) is 62.9 cm³/mol. The summed E-state index contributed by atoms with van der Waals surface area (Å²) in [5.74, 6) is 0. The van der Waals surface area contributed by atoms with Gasteiger partial charge in [0.1, 0.15) is 6.10 Å². The van der Waals surface area contributed by atoms with E-state index in [2.05, 4.69) is 26.1 Å². The third-order valence-corrected chi connectivity index (χ3v) is 3.14. The molecular formula is C10H13BrN4O. The summed E-state index contributed by atoms with van der Waals surface area (Å²) in [7, 11) is 1.80. The van der Waals surface area contributed by atoms with Gasteiger partial charge in [-0.15, -0.1) is 0 Å². The number of hydrogen-bond donors (Lipinski definition) is 1. The Kier molecular flexibility index (Phi) is 3.11. The van der Waals surface area contributed by atoms with Crippen LogP contribution in [-0.4, -0.2) is 24.7 Å². The monoisotopic (exact) mass is 284 g/mol. The number of aliphatic hydroxyl groups is 1. The fourth-order valence-electron chi connectivity index (χ4n) is 1.69. The summed E-state index contributed by atoms with van der Waals surface area (Å²) in [6, 6.07) is 1.80. The molecule has 2 heterocycles. The first kappa shape index (κ1) is 11.3. The molecule has 0 saturated carbocycles. The van der Waals surface area contributed by atoms with Crippen LogP contribution in [0.4, 0.5) is 0 Å². The summed E-state index contributed by atoms with van der Waals surface area (Å²) in [5, 5.41) is 18.5. The van der Waals surface area contributed by atoms with Gasteiger partial charge in [0, 0.05) is 19.8 Å². The molecule has 0 spiro atoms. The Balaban J connectivity index is 2.44. The van der Waals surface area contributed by atoms with Crippen LogP contribution < -0.4 is 0 Å². The van der Waals surface area contributed by atoms with Crippen molar-refractivity contribution in [3.05, 3.63) is 34.3 Å². The Morgan fingerprint density at radius 1 is 1.50 bits per heavy atom. The van der Waals surface area contributed by atoms with Gasteiger partial charge in [-0.05, 0) is 28.9 Å². The zero-order valence-electron chi connectivity index (χ0n) is 9.13. The number of aryl methyl sites for hydroxylation is 2. The van der Waals surface area contributed by atoms with Gasteiger partial charge < -0.3 is 5.11 Å². The minimum absolute atomic E-state index is 0.718. The molecule has 1 atom stereocenters. The molecule has 1 N–H and O–H groups in total. The molecule has 2 aromatic heterocycles. The Morgan fingerprint density at radius 3 is 2.81 bits per heavy atom. The van der Waals surface area contributed by atoms with E-state index in [0.717, 1.165) is 22.4 Å². The molecule has 6 heteroatoms. The Morgan fingerprint density at radius 2 is 2.25 bits per heavy atom. The van der Waals surface area contributed by atoms with Crippen molar-refractivity contribution in [1.29, 1.82) is 0 Å². The van der Waals surface area contributed by atoms with E-state index in [1.54, 1.807) is 34.9 Å². The van der Waals surface area contributed by atoms with E-state index < -0.39 is 6.10 Å². The number of rotatable bonds is 3. The van der Waals surface area contributed by atoms with Crippen LogP contribution in [0, 0.1) is 0 Å². The van der Waals surface area contributed by atoms with Crippen molar-refractivity contribution >= 4 is 15.9 Å². The molecule has 0 radical (unpaired) electrons. The zero-order valence-corrected chi connectivity index (χ0v) is 10.7. The third-order valence-electron chi connectivity index (χ3n) is 2.53. The number of hydrogen-bond acceptors (Lipinski definition) is 3. The van der Waals surface area contributed by atoms with Gasteiger partial charge in [0.05, 0.1) is 22.1 Å². The maximum absolute atomic E-state index is 10.3. The van der Waals surface area contributed by atoms with Gasteiger partial charge in [0.25, 0.3) is 0 Å². The highest BCUT2D eigenvalue weighted by Crippen LogP contribution is 2.27. The lowest BCUT2D eigenvalue weighted by molar-refractivity contribution is 0.197. The molecule has 0 saturated heterocycles. The third kappa shape index (κ3) is 1.78. The molecule has 0 aliphatic carbocycles. The summed E-state index contributed by atoms with van der Waals surface area (Å²) in [6.45, 7) is 2.70. The first-order valence-electron chi connectivity index (χ1n) is 5.02. The lowest BCUT2D eigenvalue weighted by Crippen LogP contribution is -2.12. The highest BCUT2D eigenvalue weighted by molar-refractivity contribution is 9.10. The minimum atomic E-state index is -0.718. The average Bonchev–Trinajstić information content (AvgIpc) is 2.83. The van der Waals surface area contributed by atoms with Crippen molar-refractivity contribution in [1.82, 2.24) is 19.6 Å². The van der Waals surface area contributed by atoms with Gasteiger partial charge >= 0.3 is 0 Å². The molecule has 86 valence electrons. The Bertz CT molecular complexity index is 491. The van der Waals surface area contributed by atoms with E-state index in [4.69, 9.17) is 0 Å². The highest BCUT2D eigenvalue weighted by atomic mass is 79.9. The van der Waals surface area contributed by atoms with E-state index in [-0.39, 0.29) is 0 Å². The van der Waals surface area contributed by atoms with Crippen molar-refractivity contribution in [2.24, 2.45) is 7.05 Å². The van der Waals surface area contributed by atoms with Crippen molar-refractivity contribution in [2.45, 2.75) is 19.6 Å². The van der Waals surface area contributed by atoms with Crippen molar-refractivity contribution in [3.8, 4) is 0 Å².